The highest BCUT2D eigenvalue weighted by atomic mass is 16.6. The van der Waals surface area contributed by atoms with Crippen LogP contribution in [0.3, 0.4) is 0 Å². The summed E-state index contributed by atoms with van der Waals surface area (Å²) in [7, 11) is 1.44. The van der Waals surface area contributed by atoms with E-state index < -0.39 is 5.79 Å². The minimum absolute atomic E-state index is 0.0131. The average Bonchev–Trinajstić information content (AvgIpc) is 1.64. The van der Waals surface area contributed by atoms with Gasteiger partial charge in [0.05, 0.1) is 6.61 Å². The van der Waals surface area contributed by atoms with E-state index in [1.165, 1.54) is 7.11 Å². The molecule has 9 heavy (non-hydrogen) atoms. The predicted molar refractivity (Wildman–Crippen MR) is 34.0 cm³/mol. The molecule has 0 aromatic rings. The maximum absolute atomic E-state index is 8.94. The molecule has 0 amide bonds. The lowest BCUT2D eigenvalue weighted by Gasteiger charge is -2.18. The first-order chi connectivity index (χ1) is 4.12. The Morgan fingerprint density at radius 2 is 2.00 bits per heavy atom. The summed E-state index contributed by atoms with van der Waals surface area (Å²) in [6.45, 7) is 1.87. The molecule has 3 heteroatoms. The zero-order chi connectivity index (χ0) is 7.33. The first-order valence-corrected chi connectivity index (χ1v) is 3.06. The van der Waals surface area contributed by atoms with Crippen LogP contribution in [-0.4, -0.2) is 29.7 Å². The van der Waals surface area contributed by atoms with Crippen molar-refractivity contribution in [2.45, 2.75) is 25.6 Å². The van der Waals surface area contributed by atoms with Crippen molar-refractivity contribution in [1.29, 1.82) is 0 Å². The smallest absolute Gasteiger partial charge is 0.186 e. The second kappa shape index (κ2) is 3.82. The molecule has 0 spiro atoms. The Bertz CT molecular complexity index is 62.7. The van der Waals surface area contributed by atoms with Crippen LogP contribution >= 0.6 is 0 Å². The van der Waals surface area contributed by atoms with Gasteiger partial charge in [0.15, 0.2) is 5.79 Å². The van der Waals surface area contributed by atoms with Crippen LogP contribution in [0.2, 0.25) is 0 Å². The van der Waals surface area contributed by atoms with Crippen LogP contribution in [0, 0.1) is 0 Å². The molecule has 0 fully saturated rings. The Kier molecular flexibility index (Phi) is 3.77. The highest BCUT2D eigenvalue weighted by Gasteiger charge is 2.20. The number of hydrogen-bond acceptors (Lipinski definition) is 3. The molecule has 0 aromatic carbocycles. The molecule has 0 rings (SSSR count). The number of ether oxygens (including phenoxy) is 1. The summed E-state index contributed by atoms with van der Waals surface area (Å²) in [5.74, 6) is -1.62. The van der Waals surface area contributed by atoms with Crippen LogP contribution in [0.15, 0.2) is 0 Å². The van der Waals surface area contributed by atoms with Crippen LogP contribution in [0.5, 0.6) is 0 Å². The van der Waals surface area contributed by atoms with Crippen LogP contribution < -0.4 is 0 Å². The molecule has 0 unspecified atom stereocenters. The monoisotopic (exact) mass is 134 g/mol. The molecule has 3 nitrogen and oxygen atoms in total. The molecule has 56 valence electrons. The third-order valence-corrected chi connectivity index (χ3v) is 1.03. The van der Waals surface area contributed by atoms with Gasteiger partial charge in [-0.05, 0) is 0 Å². The second-order valence-electron chi connectivity index (χ2n) is 2.17. The first kappa shape index (κ1) is 8.88. The van der Waals surface area contributed by atoms with E-state index in [0.717, 1.165) is 6.42 Å². The summed E-state index contributed by atoms with van der Waals surface area (Å²) in [6, 6.07) is 0. The van der Waals surface area contributed by atoms with Crippen LogP contribution in [0.4, 0.5) is 0 Å². The van der Waals surface area contributed by atoms with E-state index in [-0.39, 0.29) is 6.61 Å². The molecular formula is C6H14O3. The average molecular weight is 134 g/mol. The van der Waals surface area contributed by atoms with Gasteiger partial charge in [0.2, 0.25) is 0 Å². The normalized spacial score (nSPS) is 12.0. The SMILES string of the molecule is CCCC(O)(O)COC. The third kappa shape index (κ3) is 4.39. The molecule has 0 aliphatic carbocycles. The fourth-order valence-corrected chi connectivity index (χ4v) is 0.704. The van der Waals surface area contributed by atoms with Gasteiger partial charge in [-0.1, -0.05) is 13.3 Å². The number of methoxy groups -OCH3 is 1. The Morgan fingerprint density at radius 3 is 2.33 bits per heavy atom. The molecule has 0 saturated carbocycles. The topological polar surface area (TPSA) is 49.7 Å². The van der Waals surface area contributed by atoms with Gasteiger partial charge in [0, 0.05) is 13.5 Å². The molecule has 2 N–H and O–H groups in total. The molecule has 0 heterocycles. The van der Waals surface area contributed by atoms with E-state index in [9.17, 15) is 0 Å². The maximum atomic E-state index is 8.94. The van der Waals surface area contributed by atoms with Gasteiger partial charge >= 0.3 is 0 Å². The summed E-state index contributed by atoms with van der Waals surface area (Å²) in [5, 5.41) is 17.9. The highest BCUT2D eigenvalue weighted by Crippen LogP contribution is 2.07. The summed E-state index contributed by atoms with van der Waals surface area (Å²) in [4.78, 5) is 0. The van der Waals surface area contributed by atoms with E-state index in [1.807, 2.05) is 6.92 Å². The van der Waals surface area contributed by atoms with E-state index in [1.54, 1.807) is 0 Å². The molecule has 0 aromatic heterocycles. The van der Waals surface area contributed by atoms with Gasteiger partial charge in [-0.3, -0.25) is 0 Å². The lowest BCUT2D eigenvalue weighted by atomic mass is 10.2. The van der Waals surface area contributed by atoms with Gasteiger partial charge < -0.3 is 14.9 Å². The summed E-state index contributed by atoms with van der Waals surface area (Å²) >= 11 is 0. The van der Waals surface area contributed by atoms with Gasteiger partial charge in [-0.15, -0.1) is 0 Å². The molecule has 0 bridgehead atoms. The molecule has 0 atom stereocenters. The lowest BCUT2D eigenvalue weighted by molar-refractivity contribution is -0.196. The molecule has 0 radical (unpaired) electrons. The molecule has 0 saturated heterocycles. The molecule has 0 aliphatic rings. The number of aliphatic hydroxyl groups is 2. The largest absolute Gasteiger partial charge is 0.379 e. The number of rotatable bonds is 4. The van der Waals surface area contributed by atoms with Crippen molar-refractivity contribution in [3.05, 3.63) is 0 Å². The zero-order valence-corrected chi connectivity index (χ0v) is 5.92. The van der Waals surface area contributed by atoms with Crippen LogP contribution in [0.1, 0.15) is 19.8 Å². The van der Waals surface area contributed by atoms with Gasteiger partial charge in [-0.25, -0.2) is 0 Å². The van der Waals surface area contributed by atoms with Crippen molar-refractivity contribution in [3.8, 4) is 0 Å². The maximum Gasteiger partial charge on any atom is 0.186 e. The first-order valence-electron chi connectivity index (χ1n) is 3.06. The standard InChI is InChI=1S/C6H14O3/c1-3-4-6(7,8)5-9-2/h7-8H,3-5H2,1-2H3. The third-order valence-electron chi connectivity index (χ3n) is 1.03. The summed E-state index contributed by atoms with van der Waals surface area (Å²) in [6.07, 6.45) is 1.11. The summed E-state index contributed by atoms with van der Waals surface area (Å²) in [5.41, 5.74) is 0. The van der Waals surface area contributed by atoms with Crippen molar-refractivity contribution in [1.82, 2.24) is 0 Å². The van der Waals surface area contributed by atoms with Gasteiger partial charge in [0.25, 0.3) is 0 Å². The highest BCUT2D eigenvalue weighted by molar-refractivity contribution is 4.60. The minimum atomic E-state index is -1.62. The van der Waals surface area contributed by atoms with Gasteiger partial charge in [0.1, 0.15) is 0 Å². The minimum Gasteiger partial charge on any atom is -0.379 e. The summed E-state index contributed by atoms with van der Waals surface area (Å²) < 4.78 is 4.56. The Balaban J connectivity index is 3.43. The van der Waals surface area contributed by atoms with Crippen molar-refractivity contribution in [3.63, 3.8) is 0 Å². The van der Waals surface area contributed by atoms with Crippen LogP contribution in [0.25, 0.3) is 0 Å². The van der Waals surface area contributed by atoms with E-state index >= 15 is 0 Å². The lowest BCUT2D eigenvalue weighted by Crippen LogP contribution is -2.33. The van der Waals surface area contributed by atoms with Crippen molar-refractivity contribution >= 4 is 0 Å². The Hall–Kier alpha value is -0.120. The fraction of sp³-hybridized carbons (Fsp3) is 1.00. The van der Waals surface area contributed by atoms with E-state index in [0.29, 0.717) is 6.42 Å². The number of hydrogen-bond donors (Lipinski definition) is 2. The van der Waals surface area contributed by atoms with Crippen molar-refractivity contribution in [2.24, 2.45) is 0 Å². The second-order valence-corrected chi connectivity index (χ2v) is 2.17. The van der Waals surface area contributed by atoms with E-state index in [4.69, 9.17) is 10.2 Å². The molecular weight excluding hydrogens is 120 g/mol. The fourth-order valence-electron chi connectivity index (χ4n) is 0.704. The van der Waals surface area contributed by atoms with Gasteiger partial charge in [-0.2, -0.15) is 0 Å². The zero-order valence-electron chi connectivity index (χ0n) is 5.92. The van der Waals surface area contributed by atoms with Crippen molar-refractivity contribution in [2.75, 3.05) is 13.7 Å². The molecule has 0 aliphatic heterocycles. The van der Waals surface area contributed by atoms with E-state index in [2.05, 4.69) is 4.74 Å². The Labute approximate surface area is 55.3 Å². The Morgan fingerprint density at radius 1 is 1.44 bits per heavy atom. The van der Waals surface area contributed by atoms with Crippen LogP contribution in [-0.2, 0) is 4.74 Å². The quantitative estimate of drug-likeness (QED) is 0.537. The van der Waals surface area contributed by atoms with Crippen molar-refractivity contribution < 1.29 is 14.9 Å². The predicted octanol–water partition coefficient (Wildman–Crippen LogP) is 0.114.